The smallest absolute Gasteiger partial charge is 0.219 e. The Morgan fingerprint density at radius 3 is 2.47 bits per heavy atom. The number of ether oxygens (including phenoxy) is 1. The maximum Gasteiger partial charge on any atom is 0.219 e. The highest BCUT2D eigenvalue weighted by Crippen LogP contribution is 2.87. The fourth-order valence-electron chi connectivity index (χ4n) is 11.8. The van der Waals surface area contributed by atoms with Crippen LogP contribution in [0.2, 0.25) is 0 Å². The van der Waals surface area contributed by atoms with E-state index < -0.39 is 0 Å². The summed E-state index contributed by atoms with van der Waals surface area (Å²) in [4.78, 5) is 14.5. The van der Waals surface area contributed by atoms with Gasteiger partial charge in [-0.05, 0) is 115 Å². The molecule has 0 radical (unpaired) electrons. The zero-order valence-electron chi connectivity index (χ0n) is 24.1. The molecule has 1 aromatic rings. The molecule has 5 saturated carbocycles. The van der Waals surface area contributed by atoms with Crippen molar-refractivity contribution < 1.29 is 14.6 Å². The lowest BCUT2D eigenvalue weighted by Gasteiger charge is -2.59. The van der Waals surface area contributed by atoms with Crippen LogP contribution in [0.4, 0.5) is 0 Å². The number of carbonyl (C=O) groups is 1. The zero-order valence-corrected chi connectivity index (χ0v) is 24.1. The minimum atomic E-state index is -0.127. The van der Waals surface area contributed by atoms with E-state index in [-0.39, 0.29) is 23.5 Å². The number of aliphatic hydroxyl groups is 1. The topological polar surface area (TPSA) is 49.8 Å². The van der Waals surface area contributed by atoms with Crippen molar-refractivity contribution in [2.24, 2.45) is 45.3 Å². The van der Waals surface area contributed by atoms with Crippen LogP contribution in [0, 0.1) is 45.3 Å². The molecule has 1 aliphatic heterocycles. The van der Waals surface area contributed by atoms with Crippen LogP contribution in [0.1, 0.15) is 97.5 Å². The molecule has 9 unspecified atom stereocenters. The van der Waals surface area contributed by atoms with E-state index in [1.165, 1.54) is 56.9 Å². The summed E-state index contributed by atoms with van der Waals surface area (Å²) in [7, 11) is 0. The van der Waals surface area contributed by atoms with Crippen LogP contribution in [-0.4, -0.2) is 40.8 Å². The second kappa shape index (κ2) is 8.56. The summed E-state index contributed by atoms with van der Waals surface area (Å²) >= 11 is 0. The van der Waals surface area contributed by atoms with Crippen LogP contribution in [0.25, 0.3) is 0 Å². The van der Waals surface area contributed by atoms with Gasteiger partial charge in [0.2, 0.25) is 5.91 Å². The van der Waals surface area contributed by atoms with Gasteiger partial charge in [-0.2, -0.15) is 0 Å². The molecular weight excluding hydrogens is 470 g/mol. The van der Waals surface area contributed by atoms with Crippen LogP contribution in [0.3, 0.4) is 0 Å². The Balaban J connectivity index is 1.07. The van der Waals surface area contributed by atoms with Crippen LogP contribution < -0.4 is 0 Å². The third-order valence-electron chi connectivity index (χ3n) is 13.7. The van der Waals surface area contributed by atoms with Crippen molar-refractivity contribution in [2.75, 3.05) is 6.54 Å². The van der Waals surface area contributed by atoms with Gasteiger partial charge in [0.05, 0.1) is 18.3 Å². The number of hydrogen-bond donors (Lipinski definition) is 1. The maximum absolute atomic E-state index is 12.5. The van der Waals surface area contributed by atoms with Crippen molar-refractivity contribution >= 4 is 5.91 Å². The highest BCUT2D eigenvalue weighted by molar-refractivity contribution is 5.73. The first-order valence-corrected chi connectivity index (χ1v) is 15.7. The van der Waals surface area contributed by atoms with Gasteiger partial charge in [-0.15, -0.1) is 0 Å². The van der Waals surface area contributed by atoms with E-state index in [0.717, 1.165) is 24.7 Å². The molecule has 208 valence electrons. The summed E-state index contributed by atoms with van der Waals surface area (Å²) < 4.78 is 6.94. The average molecular weight is 520 g/mol. The lowest BCUT2D eigenvalue weighted by Crippen LogP contribution is -2.54. The van der Waals surface area contributed by atoms with Gasteiger partial charge in [-0.1, -0.05) is 51.1 Å². The van der Waals surface area contributed by atoms with Gasteiger partial charge < -0.3 is 14.7 Å². The minimum absolute atomic E-state index is 0.0653. The normalized spacial score (nSPS) is 48.1. The number of nitrogens with zero attached hydrogens (tertiary/aromatic N) is 1. The first-order chi connectivity index (χ1) is 18.1. The second-order valence-electron chi connectivity index (χ2n) is 15.3. The Labute approximate surface area is 229 Å². The summed E-state index contributed by atoms with van der Waals surface area (Å²) in [5, 5.41) is 10.9. The molecule has 1 aromatic carbocycles. The average Bonchev–Trinajstić information content (AvgIpc) is 3.47. The molecule has 38 heavy (non-hydrogen) atoms. The molecule has 10 atom stereocenters. The molecule has 1 N–H and O–H groups in total. The molecule has 2 spiro atoms. The largest absolute Gasteiger partial charge is 0.393 e. The molecule has 5 aliphatic carbocycles. The summed E-state index contributed by atoms with van der Waals surface area (Å²) in [6.07, 6.45) is 13.1. The van der Waals surface area contributed by atoms with Crippen molar-refractivity contribution in [3.63, 3.8) is 0 Å². The number of amides is 1. The summed E-state index contributed by atoms with van der Waals surface area (Å²) in [5.74, 6) is 3.16. The van der Waals surface area contributed by atoms with Gasteiger partial charge in [-0.3, -0.25) is 4.79 Å². The monoisotopic (exact) mass is 519 g/mol. The van der Waals surface area contributed by atoms with Gasteiger partial charge in [-0.25, -0.2) is 0 Å². The SMILES string of the molecule is CC(=O)N(Cc1ccccc1)CC1CCC2C(CC3C4CCC5C(C)(C)[C@@H](O)CCC56CC46CCC23C)O1. The third-order valence-corrected chi connectivity index (χ3v) is 13.7. The van der Waals surface area contributed by atoms with Crippen molar-refractivity contribution in [1.29, 1.82) is 0 Å². The lowest BCUT2D eigenvalue weighted by molar-refractivity contribution is -0.140. The Morgan fingerprint density at radius 2 is 1.71 bits per heavy atom. The molecule has 1 amide bonds. The zero-order chi connectivity index (χ0) is 26.5. The van der Waals surface area contributed by atoms with E-state index in [9.17, 15) is 9.90 Å². The Morgan fingerprint density at radius 1 is 0.947 bits per heavy atom. The lowest BCUT2D eigenvalue weighted by atomic mass is 9.46. The number of rotatable bonds is 4. The maximum atomic E-state index is 12.5. The van der Waals surface area contributed by atoms with Crippen molar-refractivity contribution in [1.82, 2.24) is 4.90 Å². The number of benzene rings is 1. The first-order valence-electron chi connectivity index (χ1n) is 15.7. The van der Waals surface area contributed by atoms with Crippen LogP contribution >= 0.6 is 0 Å². The van der Waals surface area contributed by atoms with Crippen LogP contribution in [0.5, 0.6) is 0 Å². The van der Waals surface area contributed by atoms with Gasteiger partial charge >= 0.3 is 0 Å². The highest BCUT2D eigenvalue weighted by atomic mass is 16.5. The summed E-state index contributed by atoms with van der Waals surface area (Å²) in [6.45, 7) is 10.4. The predicted molar refractivity (Wildman–Crippen MR) is 149 cm³/mol. The fourth-order valence-corrected chi connectivity index (χ4v) is 11.8. The Bertz CT molecular complexity index is 1090. The molecule has 0 bridgehead atoms. The number of hydrogen-bond acceptors (Lipinski definition) is 3. The van der Waals surface area contributed by atoms with E-state index in [1.54, 1.807) is 6.92 Å². The van der Waals surface area contributed by atoms with E-state index in [2.05, 4.69) is 45.0 Å². The van der Waals surface area contributed by atoms with Gasteiger partial charge in [0, 0.05) is 20.0 Å². The van der Waals surface area contributed by atoms with E-state index in [4.69, 9.17) is 4.74 Å². The molecule has 0 aromatic heterocycles. The van der Waals surface area contributed by atoms with E-state index >= 15 is 0 Å². The van der Waals surface area contributed by atoms with Crippen LogP contribution in [-0.2, 0) is 16.1 Å². The minimum Gasteiger partial charge on any atom is -0.393 e. The third kappa shape index (κ3) is 3.44. The molecule has 6 fully saturated rings. The highest BCUT2D eigenvalue weighted by Gasteiger charge is 2.80. The van der Waals surface area contributed by atoms with Crippen LogP contribution in [0.15, 0.2) is 30.3 Å². The van der Waals surface area contributed by atoms with Crippen molar-refractivity contribution in [3.05, 3.63) is 35.9 Å². The van der Waals surface area contributed by atoms with E-state index in [0.29, 0.717) is 47.3 Å². The summed E-state index contributed by atoms with van der Waals surface area (Å²) in [5.41, 5.74) is 2.72. The Kier molecular flexibility index (Phi) is 5.76. The van der Waals surface area contributed by atoms with Gasteiger partial charge in [0.15, 0.2) is 0 Å². The first kappa shape index (κ1) is 25.6. The number of fused-ring (bicyclic) bond motifs is 4. The summed E-state index contributed by atoms with van der Waals surface area (Å²) in [6, 6.07) is 10.4. The number of carbonyl (C=O) groups excluding carboxylic acids is 1. The predicted octanol–water partition coefficient (Wildman–Crippen LogP) is 6.60. The molecule has 1 heterocycles. The molecule has 4 heteroatoms. The standard InChI is InChI=1S/C34H49NO3/c1-22(36)35(19-23-8-6-5-7-9-23)20-24-10-11-26-28(38-24)18-27-25-12-13-29-31(2,3)30(37)14-15-34(29)21-33(25,34)17-16-32(26,27)4/h5-9,24-30,37H,10-21H2,1-4H3/t24?,25?,26?,27?,28?,29?,30-,32?,33?,34?/m0/s1. The molecule has 7 rings (SSSR count). The molecular formula is C34H49NO3. The van der Waals surface area contributed by atoms with E-state index in [1.807, 2.05) is 11.0 Å². The molecule has 6 aliphatic rings. The van der Waals surface area contributed by atoms with Gasteiger partial charge in [0.25, 0.3) is 0 Å². The molecule has 1 saturated heterocycles. The Hall–Kier alpha value is -1.39. The quantitative estimate of drug-likeness (QED) is 0.487. The van der Waals surface area contributed by atoms with Crippen molar-refractivity contribution in [2.45, 2.75) is 117 Å². The fraction of sp³-hybridized carbons (Fsp3) is 0.794. The molecule has 4 nitrogen and oxygen atoms in total. The second-order valence-corrected chi connectivity index (χ2v) is 15.3. The van der Waals surface area contributed by atoms with Gasteiger partial charge in [0.1, 0.15) is 0 Å². The van der Waals surface area contributed by atoms with Crippen molar-refractivity contribution in [3.8, 4) is 0 Å². The number of aliphatic hydroxyl groups excluding tert-OH is 1.